The lowest BCUT2D eigenvalue weighted by molar-refractivity contribution is -0.138. The van der Waals surface area contributed by atoms with Crippen LogP contribution in [-0.2, 0) is 12.8 Å². The minimum Gasteiger partial charge on any atom is -0.392 e. The molecule has 0 fully saturated rings. The number of aliphatic hydroxyl groups is 1. The zero-order valence-electron chi connectivity index (χ0n) is 12.7. The molecule has 0 bridgehead atoms. The van der Waals surface area contributed by atoms with E-state index in [9.17, 15) is 13.2 Å². The zero-order valence-corrected chi connectivity index (χ0v) is 12.7. The predicted octanol–water partition coefficient (Wildman–Crippen LogP) is 2.98. The second-order valence-electron chi connectivity index (χ2n) is 5.29. The van der Waals surface area contributed by atoms with Crippen molar-refractivity contribution in [3.63, 3.8) is 0 Å². The molecule has 0 aromatic heterocycles. The summed E-state index contributed by atoms with van der Waals surface area (Å²) < 4.78 is 39.1. The molecule has 0 heterocycles. The fourth-order valence-corrected chi connectivity index (χ4v) is 2.12. The molecule has 6 heteroatoms. The third-order valence-electron chi connectivity index (χ3n) is 3.24. The number of rotatable bonds is 7. The first-order valence-electron chi connectivity index (χ1n) is 7.00. The van der Waals surface area contributed by atoms with Gasteiger partial charge in [0.2, 0.25) is 0 Å². The van der Waals surface area contributed by atoms with Crippen LogP contribution in [0, 0.1) is 0 Å². The molecular formula is C15H23F3N2O. The number of hydrogen-bond acceptors (Lipinski definition) is 3. The van der Waals surface area contributed by atoms with Gasteiger partial charge in [0.15, 0.2) is 0 Å². The average Bonchev–Trinajstić information content (AvgIpc) is 2.41. The van der Waals surface area contributed by atoms with Crippen molar-refractivity contribution in [2.45, 2.75) is 26.1 Å². The van der Waals surface area contributed by atoms with E-state index in [1.165, 1.54) is 6.07 Å². The van der Waals surface area contributed by atoms with Crippen LogP contribution in [-0.4, -0.2) is 43.7 Å². The van der Waals surface area contributed by atoms with Crippen LogP contribution in [0.4, 0.5) is 18.9 Å². The van der Waals surface area contributed by atoms with Crippen molar-refractivity contribution in [2.75, 3.05) is 38.6 Å². The van der Waals surface area contributed by atoms with Gasteiger partial charge in [-0.05, 0) is 38.2 Å². The molecule has 1 aromatic rings. The van der Waals surface area contributed by atoms with Crippen molar-refractivity contribution in [2.24, 2.45) is 0 Å². The number of benzene rings is 1. The molecule has 0 radical (unpaired) electrons. The van der Waals surface area contributed by atoms with Gasteiger partial charge in [-0.2, -0.15) is 13.2 Å². The van der Waals surface area contributed by atoms with Gasteiger partial charge in [0.1, 0.15) is 0 Å². The molecule has 1 rings (SSSR count). The lowest BCUT2D eigenvalue weighted by atomic mass is 10.1. The molecule has 0 spiro atoms. The van der Waals surface area contributed by atoms with E-state index in [2.05, 4.69) is 0 Å². The van der Waals surface area contributed by atoms with Gasteiger partial charge in [-0.15, -0.1) is 0 Å². The van der Waals surface area contributed by atoms with Gasteiger partial charge in [-0.3, -0.25) is 0 Å². The third-order valence-corrected chi connectivity index (χ3v) is 3.24. The van der Waals surface area contributed by atoms with E-state index >= 15 is 0 Å². The number of hydrogen-bond donors (Lipinski definition) is 1. The number of aliphatic hydroxyl groups excluding tert-OH is 1. The second-order valence-corrected chi connectivity index (χ2v) is 5.29. The van der Waals surface area contributed by atoms with Crippen molar-refractivity contribution in [1.82, 2.24) is 4.90 Å². The van der Waals surface area contributed by atoms with Crippen molar-refractivity contribution >= 4 is 5.69 Å². The van der Waals surface area contributed by atoms with Gasteiger partial charge in [-0.25, -0.2) is 0 Å². The molecule has 0 unspecified atom stereocenters. The average molecular weight is 304 g/mol. The molecule has 0 aliphatic heterocycles. The molecular weight excluding hydrogens is 281 g/mol. The summed E-state index contributed by atoms with van der Waals surface area (Å²) in [5.74, 6) is 0. The highest BCUT2D eigenvalue weighted by Gasteiger charge is 2.33. The zero-order chi connectivity index (χ0) is 16.0. The summed E-state index contributed by atoms with van der Waals surface area (Å²) in [7, 11) is 3.86. The lowest BCUT2D eigenvalue weighted by Crippen LogP contribution is -2.32. The Balaban J connectivity index is 3.08. The molecule has 0 saturated carbocycles. The molecule has 0 amide bonds. The largest absolute Gasteiger partial charge is 0.416 e. The summed E-state index contributed by atoms with van der Waals surface area (Å²) in [6, 6.07) is 4.14. The van der Waals surface area contributed by atoms with Gasteiger partial charge >= 0.3 is 6.18 Å². The smallest absolute Gasteiger partial charge is 0.392 e. The Kier molecular flexibility index (Phi) is 6.48. The summed E-state index contributed by atoms with van der Waals surface area (Å²) >= 11 is 0. The second kappa shape index (κ2) is 7.66. The molecule has 1 N–H and O–H groups in total. The fourth-order valence-electron chi connectivity index (χ4n) is 2.12. The number of nitrogens with zero attached hydrogens (tertiary/aromatic N) is 2. The van der Waals surface area contributed by atoms with Gasteiger partial charge in [0.25, 0.3) is 0 Å². The molecule has 120 valence electrons. The van der Waals surface area contributed by atoms with Gasteiger partial charge < -0.3 is 14.9 Å². The topological polar surface area (TPSA) is 26.7 Å². The Morgan fingerprint density at radius 1 is 1.10 bits per heavy atom. The summed E-state index contributed by atoms with van der Waals surface area (Å²) in [6.45, 7) is 3.51. The molecule has 0 aliphatic carbocycles. The van der Waals surface area contributed by atoms with Crippen LogP contribution in [0.25, 0.3) is 0 Å². The molecule has 0 aliphatic rings. The Bertz CT molecular complexity index is 447. The lowest BCUT2D eigenvalue weighted by Gasteiger charge is -2.27. The van der Waals surface area contributed by atoms with E-state index in [0.717, 1.165) is 19.0 Å². The summed E-state index contributed by atoms with van der Waals surface area (Å²) in [4.78, 5) is 3.94. The van der Waals surface area contributed by atoms with E-state index in [0.29, 0.717) is 18.8 Å². The number of anilines is 1. The summed E-state index contributed by atoms with van der Waals surface area (Å²) in [5, 5.41) is 9.07. The molecule has 0 atom stereocenters. The Morgan fingerprint density at radius 3 is 2.24 bits per heavy atom. The van der Waals surface area contributed by atoms with E-state index in [1.807, 2.05) is 30.8 Å². The standard InChI is InChI=1S/C15H23F3N2O/c1-4-7-20(9-8-19(2)3)13-6-5-12(11-21)14(10-13)15(16,17)18/h5-6,10,21H,4,7-9,11H2,1-3H3. The normalized spacial score (nSPS) is 12.0. The van der Waals surface area contributed by atoms with Crippen LogP contribution in [0.2, 0.25) is 0 Å². The molecule has 3 nitrogen and oxygen atoms in total. The maximum atomic E-state index is 13.0. The Morgan fingerprint density at radius 2 is 1.76 bits per heavy atom. The Labute approximate surface area is 124 Å². The predicted molar refractivity (Wildman–Crippen MR) is 78.4 cm³/mol. The quantitative estimate of drug-likeness (QED) is 0.839. The number of halogens is 3. The molecule has 21 heavy (non-hydrogen) atoms. The first-order valence-corrected chi connectivity index (χ1v) is 7.00. The Hall–Kier alpha value is -1.27. The fraction of sp³-hybridized carbons (Fsp3) is 0.600. The van der Waals surface area contributed by atoms with E-state index in [-0.39, 0.29) is 5.56 Å². The maximum Gasteiger partial charge on any atom is 0.416 e. The number of alkyl halides is 3. The van der Waals surface area contributed by atoms with Crippen LogP contribution in [0.5, 0.6) is 0 Å². The SMILES string of the molecule is CCCN(CCN(C)C)c1ccc(CO)c(C(F)(F)F)c1. The summed E-state index contributed by atoms with van der Waals surface area (Å²) in [6.07, 6.45) is -3.59. The highest BCUT2D eigenvalue weighted by atomic mass is 19.4. The highest BCUT2D eigenvalue weighted by molar-refractivity contribution is 5.52. The van der Waals surface area contributed by atoms with E-state index in [4.69, 9.17) is 5.11 Å². The third kappa shape index (κ3) is 5.21. The van der Waals surface area contributed by atoms with Crippen LogP contribution < -0.4 is 4.90 Å². The summed E-state index contributed by atoms with van der Waals surface area (Å²) in [5.41, 5.74) is -0.299. The van der Waals surface area contributed by atoms with Crippen LogP contribution >= 0.6 is 0 Å². The monoisotopic (exact) mass is 304 g/mol. The molecule has 0 saturated heterocycles. The minimum absolute atomic E-state index is 0.0877. The van der Waals surface area contributed by atoms with E-state index < -0.39 is 18.3 Å². The van der Waals surface area contributed by atoms with E-state index in [1.54, 1.807) is 6.07 Å². The molecule has 1 aromatic carbocycles. The first kappa shape index (κ1) is 17.8. The van der Waals surface area contributed by atoms with Gasteiger partial charge in [0.05, 0.1) is 12.2 Å². The first-order chi connectivity index (χ1) is 9.79. The van der Waals surface area contributed by atoms with Crippen molar-refractivity contribution in [3.05, 3.63) is 29.3 Å². The van der Waals surface area contributed by atoms with Gasteiger partial charge in [-0.1, -0.05) is 13.0 Å². The van der Waals surface area contributed by atoms with Crippen molar-refractivity contribution in [3.8, 4) is 0 Å². The van der Waals surface area contributed by atoms with Crippen molar-refractivity contribution < 1.29 is 18.3 Å². The maximum absolute atomic E-state index is 13.0. The van der Waals surface area contributed by atoms with Crippen LogP contribution in [0.3, 0.4) is 0 Å². The van der Waals surface area contributed by atoms with Crippen LogP contribution in [0.15, 0.2) is 18.2 Å². The van der Waals surface area contributed by atoms with Crippen LogP contribution in [0.1, 0.15) is 24.5 Å². The van der Waals surface area contributed by atoms with Gasteiger partial charge in [0, 0.05) is 25.3 Å². The van der Waals surface area contributed by atoms with Crippen molar-refractivity contribution in [1.29, 1.82) is 0 Å². The number of likely N-dealkylation sites (N-methyl/N-ethyl adjacent to an activating group) is 1. The minimum atomic E-state index is -4.45. The highest BCUT2D eigenvalue weighted by Crippen LogP contribution is 2.34.